The Morgan fingerprint density at radius 2 is 1.12 bits per heavy atom. The lowest BCUT2D eigenvalue weighted by Gasteiger charge is -2.42. The maximum Gasteiger partial charge on any atom is 0.337 e. The number of phenols is 2. The number of hydrogen-bond donors (Lipinski definition) is 9. The third-order valence-corrected chi connectivity index (χ3v) is 11.1. The zero-order valence-electron chi connectivity index (χ0n) is 35.6. The Balaban J connectivity index is 1.24. The molecule has 65 heavy (non-hydrogen) atoms. The summed E-state index contributed by atoms with van der Waals surface area (Å²) in [6.07, 6.45) is -16.2. The Labute approximate surface area is 371 Å². The van der Waals surface area contributed by atoms with E-state index < -0.39 is 136 Å². The molecule has 14 atom stereocenters. The van der Waals surface area contributed by atoms with Gasteiger partial charge in [-0.3, -0.25) is 9.59 Å². The number of rotatable bonds is 16. The number of ether oxygens (including phenoxy) is 10. The third-order valence-electron chi connectivity index (χ3n) is 11.1. The molecule has 4 aliphatic rings. The van der Waals surface area contributed by atoms with Crippen molar-refractivity contribution in [1.29, 1.82) is 0 Å². The van der Waals surface area contributed by atoms with Gasteiger partial charge in [-0.2, -0.15) is 0 Å². The van der Waals surface area contributed by atoms with Gasteiger partial charge in [0.15, 0.2) is 24.1 Å². The number of hydrogen-bond acceptors (Lipinski definition) is 23. The summed E-state index contributed by atoms with van der Waals surface area (Å²) in [7, 11) is 2.20. The van der Waals surface area contributed by atoms with E-state index in [9.17, 15) is 65.1 Å². The van der Waals surface area contributed by atoms with E-state index in [4.69, 9.17) is 47.4 Å². The van der Waals surface area contributed by atoms with E-state index >= 15 is 0 Å². The van der Waals surface area contributed by atoms with Gasteiger partial charge in [0, 0.05) is 29.4 Å². The molecule has 9 N–H and O–H groups in total. The number of aliphatic hydroxyl groups excluding tert-OH is 7. The largest absolute Gasteiger partial charge is 0.504 e. The van der Waals surface area contributed by atoms with Gasteiger partial charge in [0.2, 0.25) is 12.6 Å². The predicted molar refractivity (Wildman–Crippen MR) is 212 cm³/mol. The SMILES string of the molecule is CC=C1[C@H](O[C@@H]2O[C@H](CO)[C@@H](O)[C@H](O)[C@H]2O)OC=C(C(=O)OC)[C@H]1CC(=O)OC[C@H]1O[C@@H](O[C@@H]2OC=C(C(=O)OC)[C@@H](CC(=O)OCCc3ccc(O)c(O)c3)/C2=C\C)[C@H](O)[C@@H](O)[C@@H]1O. The van der Waals surface area contributed by atoms with Crippen LogP contribution in [0.2, 0.25) is 0 Å². The van der Waals surface area contributed by atoms with Gasteiger partial charge in [-0.15, -0.1) is 0 Å². The summed E-state index contributed by atoms with van der Waals surface area (Å²) in [5.74, 6) is -6.37. The number of benzene rings is 1. The van der Waals surface area contributed by atoms with Crippen molar-refractivity contribution in [2.24, 2.45) is 11.8 Å². The molecule has 0 bridgehead atoms. The quantitative estimate of drug-likeness (QED) is 0.0378. The van der Waals surface area contributed by atoms with Crippen LogP contribution in [0.5, 0.6) is 11.5 Å². The van der Waals surface area contributed by atoms with E-state index in [1.54, 1.807) is 6.92 Å². The first-order valence-corrected chi connectivity index (χ1v) is 20.3. The monoisotopic (exact) mass is 926 g/mol. The lowest BCUT2D eigenvalue weighted by molar-refractivity contribution is -0.328. The van der Waals surface area contributed by atoms with Gasteiger partial charge in [0.05, 0.1) is 63.9 Å². The molecular formula is C42H54O23. The van der Waals surface area contributed by atoms with Gasteiger partial charge < -0.3 is 93.3 Å². The molecule has 1 aromatic rings. The van der Waals surface area contributed by atoms with Gasteiger partial charge in [-0.1, -0.05) is 18.2 Å². The topological polar surface area (TPSA) is 343 Å². The molecule has 0 amide bonds. The smallest absolute Gasteiger partial charge is 0.337 e. The average Bonchev–Trinajstić information content (AvgIpc) is 3.29. The Kier molecular flexibility index (Phi) is 17.8. The summed E-state index contributed by atoms with van der Waals surface area (Å²) >= 11 is 0. The third kappa shape index (κ3) is 11.8. The molecule has 23 heteroatoms. The van der Waals surface area contributed by atoms with Crippen LogP contribution in [0.15, 0.2) is 65.2 Å². The van der Waals surface area contributed by atoms with Gasteiger partial charge in [0.1, 0.15) is 55.4 Å². The number of aliphatic hydroxyl groups is 7. The van der Waals surface area contributed by atoms with Crippen molar-refractivity contribution in [2.75, 3.05) is 34.0 Å². The Hall–Kier alpha value is -5.18. The molecule has 360 valence electrons. The van der Waals surface area contributed by atoms with Gasteiger partial charge in [0.25, 0.3) is 0 Å². The van der Waals surface area contributed by atoms with E-state index in [1.807, 2.05) is 0 Å². The maximum absolute atomic E-state index is 13.4. The standard InChI is InChI=1S/C42H54O23/c1-5-19-21(12-29(46)58-10-9-18-7-8-25(44)26(45)11-18)23(37(54)56-3)15-61-40(19)65-42-36(53)34(51)32(49)28(63-42)17-59-30(47)13-22-20(6-2)39(60-16-24(22)38(55)57-4)64-41-35(52)33(50)31(48)27(14-43)62-41/h5-8,11,15-16,21-22,27-28,31-36,39-45,48-53H,9-10,12-14,17H2,1-4H3/b19-5+,20-6?/t21-,22-,27+,28+,31+,32+,33-,34-,35+,36+,39-,40-,41-,42-/m0/s1. The molecule has 2 fully saturated rings. The van der Waals surface area contributed by atoms with Crippen LogP contribution in [-0.2, 0) is 73.0 Å². The first-order chi connectivity index (χ1) is 31.0. The molecule has 0 unspecified atom stereocenters. The molecule has 1 aromatic carbocycles. The Morgan fingerprint density at radius 3 is 1.58 bits per heavy atom. The number of esters is 4. The second kappa shape index (κ2) is 22.8. The van der Waals surface area contributed by atoms with Crippen LogP contribution >= 0.6 is 0 Å². The fourth-order valence-corrected chi connectivity index (χ4v) is 7.47. The second-order valence-corrected chi connectivity index (χ2v) is 15.1. The van der Waals surface area contributed by atoms with Crippen LogP contribution in [0.1, 0.15) is 32.3 Å². The first kappa shape index (κ1) is 50.8. The highest BCUT2D eigenvalue weighted by Crippen LogP contribution is 2.38. The summed E-state index contributed by atoms with van der Waals surface area (Å²) < 4.78 is 54.6. The molecule has 2 saturated heterocycles. The van der Waals surface area contributed by atoms with E-state index in [0.717, 1.165) is 26.7 Å². The highest BCUT2D eigenvalue weighted by atomic mass is 16.8. The normalized spacial score (nSPS) is 33.8. The van der Waals surface area contributed by atoms with Crippen molar-refractivity contribution in [3.8, 4) is 11.5 Å². The van der Waals surface area contributed by atoms with E-state index in [1.165, 1.54) is 37.3 Å². The molecule has 0 aromatic heterocycles. The minimum absolute atomic E-state index is 0.0891. The van der Waals surface area contributed by atoms with Crippen molar-refractivity contribution in [3.05, 3.63) is 70.7 Å². The molecule has 0 aliphatic carbocycles. The minimum Gasteiger partial charge on any atom is -0.504 e. The van der Waals surface area contributed by atoms with Gasteiger partial charge in [-0.25, -0.2) is 9.59 Å². The number of phenolic OH excluding ortho intramolecular Hbond substituents is 2. The van der Waals surface area contributed by atoms with Crippen LogP contribution in [0.3, 0.4) is 0 Å². The van der Waals surface area contributed by atoms with Crippen LogP contribution < -0.4 is 0 Å². The van der Waals surface area contributed by atoms with Crippen LogP contribution in [0, 0.1) is 11.8 Å². The zero-order valence-corrected chi connectivity index (χ0v) is 35.6. The van der Waals surface area contributed by atoms with Crippen LogP contribution in [0.4, 0.5) is 0 Å². The fraction of sp³-hybridized carbons (Fsp3) is 0.571. The molecule has 5 rings (SSSR count). The van der Waals surface area contributed by atoms with Crippen molar-refractivity contribution in [2.45, 2.75) is 107 Å². The lowest BCUT2D eigenvalue weighted by Crippen LogP contribution is -2.60. The van der Waals surface area contributed by atoms with E-state index in [2.05, 4.69) is 0 Å². The summed E-state index contributed by atoms with van der Waals surface area (Å²) in [5.41, 5.74) is 0.611. The Morgan fingerprint density at radius 1 is 0.646 bits per heavy atom. The summed E-state index contributed by atoms with van der Waals surface area (Å²) in [6, 6.07) is 4.12. The van der Waals surface area contributed by atoms with Crippen LogP contribution in [-0.4, -0.2) is 178 Å². The van der Waals surface area contributed by atoms with Crippen molar-refractivity contribution >= 4 is 23.9 Å². The molecule has 0 radical (unpaired) electrons. The first-order valence-electron chi connectivity index (χ1n) is 20.3. The Bertz CT molecular complexity index is 1980. The van der Waals surface area contributed by atoms with Crippen molar-refractivity contribution in [1.82, 2.24) is 0 Å². The average molecular weight is 927 g/mol. The number of methoxy groups -OCH3 is 2. The number of allylic oxidation sites excluding steroid dienone is 2. The van der Waals surface area contributed by atoms with Crippen molar-refractivity contribution < 1.29 is 113 Å². The highest BCUT2D eigenvalue weighted by molar-refractivity contribution is 5.91. The molecule has 0 spiro atoms. The summed E-state index contributed by atoms with van der Waals surface area (Å²) in [4.78, 5) is 52.1. The van der Waals surface area contributed by atoms with Gasteiger partial charge in [-0.05, 0) is 31.5 Å². The summed E-state index contributed by atoms with van der Waals surface area (Å²) in [6.45, 7) is 1.45. The number of carbonyl (C=O) groups is 4. The predicted octanol–water partition coefficient (Wildman–Crippen LogP) is -1.90. The molecule has 23 nitrogen and oxygen atoms in total. The van der Waals surface area contributed by atoms with E-state index in [0.29, 0.717) is 5.56 Å². The zero-order chi connectivity index (χ0) is 47.7. The highest BCUT2D eigenvalue weighted by Gasteiger charge is 2.49. The number of carbonyl (C=O) groups excluding carboxylic acids is 4. The number of aromatic hydroxyl groups is 2. The van der Waals surface area contributed by atoms with E-state index in [-0.39, 0.29) is 46.8 Å². The molecule has 4 heterocycles. The lowest BCUT2D eigenvalue weighted by atomic mass is 9.86. The van der Waals surface area contributed by atoms with Crippen molar-refractivity contribution in [3.63, 3.8) is 0 Å². The maximum atomic E-state index is 13.4. The molecule has 4 aliphatic heterocycles. The minimum atomic E-state index is -1.93. The van der Waals surface area contributed by atoms with Gasteiger partial charge >= 0.3 is 23.9 Å². The summed E-state index contributed by atoms with van der Waals surface area (Å²) in [5, 5.41) is 92.4. The fourth-order valence-electron chi connectivity index (χ4n) is 7.47. The second-order valence-electron chi connectivity index (χ2n) is 15.1. The van der Waals surface area contributed by atoms with Crippen LogP contribution in [0.25, 0.3) is 0 Å². The molecule has 0 saturated carbocycles. The molecular weight excluding hydrogens is 872 g/mol.